The van der Waals surface area contributed by atoms with Crippen LogP contribution in [0.25, 0.3) is 0 Å². The van der Waals surface area contributed by atoms with Crippen LogP contribution in [0, 0.1) is 6.65 Å². The number of hydrogen-bond donors (Lipinski definition) is 1. The molecule has 1 radical (unpaired) electrons. The Morgan fingerprint density at radius 2 is 0.485 bits per heavy atom. The van der Waals surface area contributed by atoms with E-state index in [1.807, 2.05) is 0 Å². The normalized spacial score (nSPS) is 10.7. The fourth-order valence-corrected chi connectivity index (χ4v) is 16.3. The Kier molecular flexibility index (Phi) is 21.1. The Morgan fingerprint density at radius 1 is 0.309 bits per heavy atom. The van der Waals surface area contributed by atoms with Crippen LogP contribution in [0.4, 0.5) is 0 Å². The van der Waals surface area contributed by atoms with Crippen molar-refractivity contribution in [2.24, 2.45) is 0 Å². The molecule has 2 nitrogen and oxygen atoms in total. The molecular weight excluding hydrogens is 1060 g/mol. The van der Waals surface area contributed by atoms with Crippen LogP contribution < -0.4 is 69.0 Å². The van der Waals surface area contributed by atoms with Gasteiger partial charge in [0.2, 0.25) is 6.71 Å². The summed E-state index contributed by atoms with van der Waals surface area (Å²) in [6, 6.07) is 95.0. The topological polar surface area (TPSA) is 24.3 Å². The molecule has 9 aromatic carbocycles. The van der Waals surface area contributed by atoms with Gasteiger partial charge in [-0.2, -0.15) is 0 Å². The molecule has 0 heterocycles. The number of rotatable bonds is 15. The van der Waals surface area contributed by atoms with Gasteiger partial charge in [-0.05, 0) is 92.3 Å². The third kappa shape index (κ3) is 12.9. The summed E-state index contributed by atoms with van der Waals surface area (Å²) >= 11 is 0. The summed E-state index contributed by atoms with van der Waals surface area (Å²) in [5.74, 6) is 0. The largest absolute Gasteiger partial charge is 0.243 e. The minimum absolute atomic E-state index is 0. The Hall–Kier alpha value is -5.32. The van der Waals surface area contributed by atoms with Crippen molar-refractivity contribution >= 4 is 94.6 Å². The minimum atomic E-state index is -0.895. The molecule has 0 aliphatic carbocycles. The van der Waals surface area contributed by atoms with E-state index in [9.17, 15) is 0 Å². The molecule has 68 heavy (non-hydrogen) atoms. The van der Waals surface area contributed by atoms with Crippen molar-refractivity contribution in [1.29, 1.82) is 0 Å². The molecular formula is C61H58BIrNOP3+. The van der Waals surface area contributed by atoms with Crippen molar-refractivity contribution in [2.75, 3.05) is 19.6 Å². The first-order valence-electron chi connectivity index (χ1n) is 23.2. The second-order valence-corrected chi connectivity index (χ2v) is 22.5. The molecule has 1 N–H and O–H groups in total. The van der Waals surface area contributed by atoms with Crippen LogP contribution in [0.3, 0.4) is 0 Å². The van der Waals surface area contributed by atoms with Gasteiger partial charge in [0.1, 0.15) is 0 Å². The molecule has 0 unspecified atom stereocenters. The maximum Gasteiger partial charge on any atom is 0.243 e. The Bertz CT molecular complexity index is 2430. The van der Waals surface area contributed by atoms with Gasteiger partial charge in [0.05, 0.1) is 19.6 Å². The third-order valence-electron chi connectivity index (χ3n) is 12.1. The van der Waals surface area contributed by atoms with E-state index >= 15 is 0 Å². The molecule has 0 aromatic heterocycles. The van der Waals surface area contributed by atoms with Gasteiger partial charge in [0, 0.05) is 20.1 Å². The van der Waals surface area contributed by atoms with Crippen molar-refractivity contribution < 1.29 is 29.7 Å². The molecule has 0 fully saturated rings. The summed E-state index contributed by atoms with van der Waals surface area (Å²) in [6.45, 7) is 14.9. The van der Waals surface area contributed by atoms with Crippen molar-refractivity contribution in [3.8, 4) is 0 Å². The summed E-state index contributed by atoms with van der Waals surface area (Å²) in [7, 11) is -2.68. The van der Waals surface area contributed by atoms with E-state index in [0.717, 1.165) is 0 Å². The number of nitrogens with one attached hydrogen (secondary N) is 1. The van der Waals surface area contributed by atoms with Gasteiger partial charge in [-0.3, -0.25) is 0 Å². The molecule has 0 bridgehead atoms. The van der Waals surface area contributed by atoms with Crippen LogP contribution in [-0.4, -0.2) is 26.3 Å². The van der Waals surface area contributed by atoms with Crippen molar-refractivity contribution in [2.45, 2.75) is 20.8 Å². The monoisotopic (exact) mass is 1120 g/mol. The van der Waals surface area contributed by atoms with Gasteiger partial charge in [-0.1, -0.05) is 271 Å². The first-order valence-corrected chi connectivity index (χ1v) is 27.2. The molecule has 0 atom stereocenters. The molecule has 0 aliphatic rings. The van der Waals surface area contributed by atoms with Gasteiger partial charge in [0.25, 0.3) is 0 Å². The van der Waals surface area contributed by atoms with E-state index in [2.05, 4.69) is 282 Å². The summed E-state index contributed by atoms with van der Waals surface area (Å²) in [5, 5.41) is 12.3. The van der Waals surface area contributed by atoms with E-state index in [0.29, 0.717) is 0 Å². The predicted octanol–water partition coefficient (Wildman–Crippen LogP) is 7.37. The average molecular weight is 1120 g/mol. The second-order valence-electron chi connectivity index (χ2n) is 15.9. The van der Waals surface area contributed by atoms with Crippen molar-refractivity contribution in [3.05, 3.63) is 261 Å². The van der Waals surface area contributed by atoms with E-state index in [1.165, 1.54) is 83.8 Å². The van der Waals surface area contributed by atoms with Crippen LogP contribution in [0.5, 0.6) is 0 Å². The van der Waals surface area contributed by atoms with Gasteiger partial charge < -0.3 is 4.90 Å². The summed E-state index contributed by atoms with van der Waals surface area (Å²) in [6.07, 6.45) is 0. The van der Waals surface area contributed by atoms with Gasteiger partial charge in [0.15, 0.2) is 0 Å². The van der Waals surface area contributed by atoms with E-state index < -0.39 is 23.8 Å². The van der Waals surface area contributed by atoms with Crippen LogP contribution in [0.1, 0.15) is 20.8 Å². The SMILES string of the molecule is CC[NH+](CC)CC.[C-]#[O+].[Ir].c1ccc(P(c2ccccc2)c2ccccc2B(c2ccccc2P(c2ccccc2)c2ccccc2)c2ccccc2P(c2ccccc2)c2ccccc2)cc1. The maximum absolute atomic E-state index is 7.50. The van der Waals surface area contributed by atoms with Crippen molar-refractivity contribution in [3.63, 3.8) is 0 Å². The molecule has 0 saturated carbocycles. The number of benzene rings is 9. The number of quaternary nitrogens is 1. The number of hydrogen-bond acceptors (Lipinski definition) is 0. The third-order valence-corrected chi connectivity index (χ3v) is 19.6. The zero-order valence-electron chi connectivity index (χ0n) is 39.0. The predicted molar refractivity (Wildman–Crippen MR) is 297 cm³/mol. The van der Waals surface area contributed by atoms with Crippen LogP contribution >= 0.6 is 23.8 Å². The molecule has 339 valence electrons. The van der Waals surface area contributed by atoms with Crippen molar-refractivity contribution in [1.82, 2.24) is 0 Å². The molecule has 9 rings (SSSR count). The molecule has 0 aliphatic heterocycles. The second kappa shape index (κ2) is 27.6. The standard InChI is InChI=1S/C54H42BP3.C6H15N.CO.Ir/c1-7-25-43(26-8-1)56(44-27-9-2-10-28-44)52-40-22-19-37-49(52)55(50-38-20-23-41-53(50)57(45-29-11-3-12-30-45)46-31-13-4-14-32-46)51-39-21-24-42-54(51)58(47-33-15-5-16-34-47)48-35-17-6-18-36-48;1-4-7(5-2)6-3;1-2;/h1-42H;4-6H2,1-3H3;;/p+1. The fourth-order valence-electron chi connectivity index (χ4n) is 8.80. The summed E-state index contributed by atoms with van der Waals surface area (Å²) in [5.41, 5.74) is 4.06. The molecule has 0 saturated heterocycles. The van der Waals surface area contributed by atoms with Gasteiger partial charge >= 0.3 is 11.3 Å². The molecule has 9 aromatic rings. The first kappa shape index (κ1) is 52.1. The fraction of sp³-hybridized carbons (Fsp3) is 0.0984. The Balaban J connectivity index is 0.000000700. The van der Waals surface area contributed by atoms with Crippen LogP contribution in [0.15, 0.2) is 255 Å². The molecule has 0 amide bonds. The molecule has 0 spiro atoms. The summed E-state index contributed by atoms with van der Waals surface area (Å²) in [4.78, 5) is 1.68. The van der Waals surface area contributed by atoms with Gasteiger partial charge in [-0.15, -0.1) is 0 Å². The van der Waals surface area contributed by atoms with E-state index in [1.54, 1.807) is 4.90 Å². The molecule has 7 heteroatoms. The first-order chi connectivity index (χ1) is 33.2. The van der Waals surface area contributed by atoms with Crippen LogP contribution in [0.2, 0.25) is 0 Å². The quantitative estimate of drug-likeness (QED) is 0.0481. The van der Waals surface area contributed by atoms with E-state index in [-0.39, 0.29) is 26.8 Å². The average Bonchev–Trinajstić information content (AvgIpc) is 3.41. The zero-order chi connectivity index (χ0) is 46.6. The minimum Gasteiger partial charge on any atom is -0.0663 e. The zero-order valence-corrected chi connectivity index (χ0v) is 44.1. The Labute approximate surface area is 423 Å². The van der Waals surface area contributed by atoms with Gasteiger partial charge in [-0.25, -0.2) is 0 Å². The van der Waals surface area contributed by atoms with E-state index in [4.69, 9.17) is 4.65 Å². The summed E-state index contributed by atoms with van der Waals surface area (Å²) < 4.78 is 7.50. The maximum atomic E-state index is 7.50. The smallest absolute Gasteiger partial charge is 0.0663 e. The Morgan fingerprint density at radius 3 is 0.662 bits per heavy atom. The van der Waals surface area contributed by atoms with Crippen LogP contribution in [-0.2, 0) is 24.8 Å².